The Labute approximate surface area is 94.3 Å². The molecule has 0 aliphatic rings. The molecule has 0 aromatic carbocycles. The van der Waals surface area contributed by atoms with Crippen LogP contribution in [0, 0.1) is 0 Å². The largest absolute Gasteiger partial charge is 0.465 e. The molecule has 0 amide bonds. The molecule has 0 fully saturated rings. The van der Waals surface area contributed by atoms with E-state index in [0.29, 0.717) is 0 Å². The van der Waals surface area contributed by atoms with Crippen LogP contribution in [-0.2, 0) is 14.3 Å². The number of hydrogen-bond acceptors (Lipinski definition) is 4. The van der Waals surface area contributed by atoms with Crippen LogP contribution in [0.2, 0.25) is 0 Å². The first kappa shape index (κ1) is 15.2. The minimum absolute atomic E-state index is 0.0459. The van der Waals surface area contributed by atoms with Gasteiger partial charge in [-0.2, -0.15) is 0 Å². The summed E-state index contributed by atoms with van der Waals surface area (Å²) >= 11 is 0. The van der Waals surface area contributed by atoms with Crippen molar-refractivity contribution >= 4 is 5.97 Å². The van der Waals surface area contributed by atoms with Crippen LogP contribution in [-0.4, -0.2) is 44.3 Å². The zero-order valence-corrected chi connectivity index (χ0v) is 9.83. The van der Waals surface area contributed by atoms with Crippen molar-refractivity contribution in [2.75, 3.05) is 19.8 Å². The van der Waals surface area contributed by atoms with E-state index >= 15 is 0 Å². The van der Waals surface area contributed by atoms with E-state index in [0.717, 1.165) is 0 Å². The highest BCUT2D eigenvalue weighted by Gasteiger charge is 2.21. The van der Waals surface area contributed by atoms with Gasteiger partial charge in [0.25, 0.3) is 6.43 Å². The number of rotatable bonds is 8. The molecule has 0 aliphatic heterocycles. The van der Waals surface area contributed by atoms with Crippen LogP contribution in [0.4, 0.5) is 8.78 Å². The Hall–Kier alpha value is -0.750. The summed E-state index contributed by atoms with van der Waals surface area (Å²) in [6, 6.07) is -0.650. The van der Waals surface area contributed by atoms with E-state index in [1.807, 2.05) is 13.8 Å². The maximum absolute atomic E-state index is 11.8. The van der Waals surface area contributed by atoms with Crippen molar-refractivity contribution in [2.24, 2.45) is 0 Å². The molecule has 0 saturated carbocycles. The molecule has 0 spiro atoms. The van der Waals surface area contributed by atoms with Gasteiger partial charge in [-0.15, -0.1) is 0 Å². The second-order valence-electron chi connectivity index (χ2n) is 3.55. The van der Waals surface area contributed by atoms with E-state index in [4.69, 9.17) is 9.47 Å². The Morgan fingerprint density at radius 2 is 1.94 bits per heavy atom. The van der Waals surface area contributed by atoms with E-state index in [-0.39, 0.29) is 19.3 Å². The summed E-state index contributed by atoms with van der Waals surface area (Å²) in [5.74, 6) is -0.481. The maximum Gasteiger partial charge on any atom is 0.325 e. The average Bonchev–Trinajstić information content (AvgIpc) is 2.15. The van der Waals surface area contributed by atoms with Gasteiger partial charge in [0.05, 0.1) is 13.2 Å². The molecule has 0 aromatic rings. The van der Waals surface area contributed by atoms with E-state index in [1.165, 1.54) is 0 Å². The third-order valence-corrected chi connectivity index (χ3v) is 1.63. The Morgan fingerprint density at radius 3 is 2.38 bits per heavy atom. The van der Waals surface area contributed by atoms with E-state index in [1.54, 1.807) is 6.92 Å². The van der Waals surface area contributed by atoms with Crippen molar-refractivity contribution in [3.63, 3.8) is 0 Å². The molecular formula is C10H19F2NO3. The summed E-state index contributed by atoms with van der Waals surface area (Å²) in [6.45, 7) is 4.85. The zero-order chi connectivity index (χ0) is 12.6. The van der Waals surface area contributed by atoms with Crippen molar-refractivity contribution in [1.29, 1.82) is 0 Å². The van der Waals surface area contributed by atoms with Crippen molar-refractivity contribution < 1.29 is 23.0 Å². The van der Waals surface area contributed by atoms with Crippen molar-refractivity contribution in [2.45, 2.75) is 39.3 Å². The molecule has 0 radical (unpaired) electrons. The first-order chi connectivity index (χ1) is 7.47. The number of carbonyl (C=O) groups is 1. The molecular weight excluding hydrogens is 220 g/mol. The molecule has 0 saturated heterocycles. The third kappa shape index (κ3) is 7.53. The van der Waals surface area contributed by atoms with Crippen molar-refractivity contribution in [3.05, 3.63) is 0 Å². The van der Waals surface area contributed by atoms with Gasteiger partial charge in [-0.3, -0.25) is 4.79 Å². The van der Waals surface area contributed by atoms with E-state index < -0.39 is 25.0 Å². The van der Waals surface area contributed by atoms with Gasteiger partial charge in [0.2, 0.25) is 0 Å². The smallest absolute Gasteiger partial charge is 0.325 e. The van der Waals surface area contributed by atoms with E-state index in [2.05, 4.69) is 5.32 Å². The number of hydrogen-bond donors (Lipinski definition) is 1. The lowest BCUT2D eigenvalue weighted by atomic mass is 10.2. The molecule has 1 unspecified atom stereocenters. The normalized spacial score (nSPS) is 13.2. The SMILES string of the molecule is CCOC(=O)C(COCC(F)F)NC(C)C. The highest BCUT2D eigenvalue weighted by atomic mass is 19.3. The molecule has 16 heavy (non-hydrogen) atoms. The van der Waals surface area contributed by atoms with Gasteiger partial charge in [0, 0.05) is 6.04 Å². The van der Waals surface area contributed by atoms with Crippen LogP contribution in [0.5, 0.6) is 0 Å². The van der Waals surface area contributed by atoms with Crippen LogP contribution in [0.3, 0.4) is 0 Å². The van der Waals surface area contributed by atoms with Crippen LogP contribution in [0.25, 0.3) is 0 Å². The number of alkyl halides is 2. The van der Waals surface area contributed by atoms with Gasteiger partial charge in [-0.25, -0.2) is 8.78 Å². The minimum Gasteiger partial charge on any atom is -0.465 e. The average molecular weight is 239 g/mol. The minimum atomic E-state index is -2.53. The number of carbonyl (C=O) groups excluding carboxylic acids is 1. The number of halogens is 2. The molecule has 6 heteroatoms. The van der Waals surface area contributed by atoms with Crippen molar-refractivity contribution in [1.82, 2.24) is 5.32 Å². The summed E-state index contributed by atoms with van der Waals surface area (Å²) in [5.41, 5.74) is 0. The lowest BCUT2D eigenvalue weighted by Crippen LogP contribution is -2.45. The first-order valence-electron chi connectivity index (χ1n) is 5.26. The van der Waals surface area contributed by atoms with Crippen molar-refractivity contribution in [3.8, 4) is 0 Å². The van der Waals surface area contributed by atoms with Crippen LogP contribution in [0.15, 0.2) is 0 Å². The standard InChI is InChI=1S/C10H19F2NO3/c1-4-16-10(14)8(13-7(2)3)5-15-6-9(11)12/h7-9,13H,4-6H2,1-3H3. The zero-order valence-electron chi connectivity index (χ0n) is 9.83. The monoisotopic (exact) mass is 239 g/mol. The van der Waals surface area contributed by atoms with Gasteiger partial charge in [-0.1, -0.05) is 13.8 Å². The predicted octanol–water partition coefficient (Wildman–Crippen LogP) is 1.20. The second-order valence-corrected chi connectivity index (χ2v) is 3.55. The molecule has 0 heterocycles. The Balaban J connectivity index is 4.04. The van der Waals surface area contributed by atoms with Crippen LogP contribution in [0.1, 0.15) is 20.8 Å². The predicted molar refractivity (Wildman–Crippen MR) is 55.5 cm³/mol. The lowest BCUT2D eigenvalue weighted by Gasteiger charge is -2.19. The Morgan fingerprint density at radius 1 is 1.31 bits per heavy atom. The molecule has 0 aliphatic carbocycles. The van der Waals surface area contributed by atoms with Crippen LogP contribution >= 0.6 is 0 Å². The second kappa shape index (κ2) is 8.41. The summed E-state index contributed by atoms with van der Waals surface area (Å²) in [7, 11) is 0. The highest BCUT2D eigenvalue weighted by molar-refractivity contribution is 5.75. The molecule has 0 aromatic heterocycles. The Bertz CT molecular complexity index is 201. The van der Waals surface area contributed by atoms with Gasteiger partial charge in [0.15, 0.2) is 0 Å². The summed E-state index contributed by atoms with van der Waals surface area (Å²) in [4.78, 5) is 11.4. The summed E-state index contributed by atoms with van der Waals surface area (Å²) < 4.78 is 33.2. The highest BCUT2D eigenvalue weighted by Crippen LogP contribution is 1.97. The maximum atomic E-state index is 11.8. The lowest BCUT2D eigenvalue weighted by molar-refractivity contribution is -0.148. The number of esters is 1. The number of ether oxygens (including phenoxy) is 2. The summed E-state index contributed by atoms with van der Waals surface area (Å²) in [6.07, 6.45) is -2.53. The first-order valence-corrected chi connectivity index (χ1v) is 5.26. The number of nitrogens with one attached hydrogen (secondary N) is 1. The molecule has 1 N–H and O–H groups in total. The molecule has 4 nitrogen and oxygen atoms in total. The van der Waals surface area contributed by atoms with E-state index in [9.17, 15) is 13.6 Å². The molecule has 96 valence electrons. The fourth-order valence-corrected chi connectivity index (χ4v) is 1.10. The van der Waals surface area contributed by atoms with Gasteiger partial charge in [-0.05, 0) is 6.92 Å². The van der Waals surface area contributed by atoms with Crippen LogP contribution < -0.4 is 5.32 Å². The third-order valence-electron chi connectivity index (χ3n) is 1.63. The van der Waals surface area contributed by atoms with Gasteiger partial charge < -0.3 is 14.8 Å². The van der Waals surface area contributed by atoms with Gasteiger partial charge in [0.1, 0.15) is 12.6 Å². The fourth-order valence-electron chi connectivity index (χ4n) is 1.10. The molecule has 0 bridgehead atoms. The quantitative estimate of drug-likeness (QED) is 0.646. The summed E-state index contributed by atoms with van der Waals surface area (Å²) in [5, 5.41) is 2.89. The Kier molecular flexibility index (Phi) is 8.01. The molecule has 1 atom stereocenters. The topological polar surface area (TPSA) is 47.6 Å². The molecule has 0 rings (SSSR count). The fraction of sp³-hybridized carbons (Fsp3) is 0.900. The van der Waals surface area contributed by atoms with Gasteiger partial charge >= 0.3 is 5.97 Å².